The van der Waals surface area contributed by atoms with Crippen LogP contribution in [-0.2, 0) is 0 Å². The molecule has 0 rings (SSSR count). The summed E-state index contributed by atoms with van der Waals surface area (Å²) in [4.78, 5) is 0. The Balaban J connectivity index is 3.67. The average molecular weight is 202 g/mol. The minimum absolute atomic E-state index is 0.404. The predicted molar refractivity (Wildman–Crippen MR) is 60.0 cm³/mol. The summed E-state index contributed by atoms with van der Waals surface area (Å²) in [6.45, 7) is 7.49. The maximum Gasteiger partial charge on any atom is 0.164 e. The normalized spacial score (nSPS) is 13.3. The lowest BCUT2D eigenvalue weighted by Gasteiger charge is -2.35. The van der Waals surface area contributed by atoms with Gasteiger partial charge in [0.05, 0.1) is 0 Å². The van der Waals surface area contributed by atoms with E-state index in [2.05, 4.69) is 6.92 Å². The molecular weight excluding hydrogens is 176 g/mol. The summed E-state index contributed by atoms with van der Waals surface area (Å²) in [6, 6.07) is 0. The predicted octanol–water partition coefficient (Wildman–Crippen LogP) is 3.07. The van der Waals surface area contributed by atoms with Crippen LogP contribution >= 0.6 is 0 Å². The van der Waals surface area contributed by atoms with E-state index in [-0.39, 0.29) is 0 Å². The Bertz CT molecular complexity index is 145. The highest BCUT2D eigenvalue weighted by Gasteiger charge is 2.36. The SMILES string of the molecule is CCCCCCCC(C)(C)C(C)(O)O. The molecule has 2 N–H and O–H groups in total. The molecule has 0 aromatic heterocycles. The Morgan fingerprint density at radius 2 is 1.36 bits per heavy atom. The average Bonchev–Trinajstić information content (AvgIpc) is 2.02. The van der Waals surface area contributed by atoms with Gasteiger partial charge in [-0.3, -0.25) is 0 Å². The Hall–Kier alpha value is -0.0800. The summed E-state index contributed by atoms with van der Waals surface area (Å²) in [6.07, 6.45) is 6.97. The second-order valence-electron chi connectivity index (χ2n) is 5.07. The Kier molecular flexibility index (Phi) is 5.68. The van der Waals surface area contributed by atoms with Crippen LogP contribution in [-0.4, -0.2) is 16.0 Å². The van der Waals surface area contributed by atoms with E-state index in [4.69, 9.17) is 0 Å². The third kappa shape index (κ3) is 4.97. The highest BCUT2D eigenvalue weighted by atomic mass is 16.5. The monoisotopic (exact) mass is 202 g/mol. The van der Waals surface area contributed by atoms with Crippen molar-refractivity contribution in [2.45, 2.75) is 72.0 Å². The van der Waals surface area contributed by atoms with Gasteiger partial charge in [-0.25, -0.2) is 0 Å². The summed E-state index contributed by atoms with van der Waals surface area (Å²) in [7, 11) is 0. The van der Waals surface area contributed by atoms with Gasteiger partial charge in [0.2, 0.25) is 0 Å². The third-order valence-electron chi connectivity index (χ3n) is 3.19. The van der Waals surface area contributed by atoms with E-state index in [9.17, 15) is 10.2 Å². The van der Waals surface area contributed by atoms with Crippen LogP contribution in [0.5, 0.6) is 0 Å². The number of hydrogen-bond acceptors (Lipinski definition) is 2. The van der Waals surface area contributed by atoms with Gasteiger partial charge in [0.15, 0.2) is 5.79 Å². The minimum Gasteiger partial charge on any atom is -0.365 e. The Morgan fingerprint density at radius 1 is 0.857 bits per heavy atom. The zero-order chi connectivity index (χ0) is 11.2. The fourth-order valence-electron chi connectivity index (χ4n) is 1.41. The zero-order valence-electron chi connectivity index (χ0n) is 10.1. The molecule has 0 unspecified atom stereocenters. The molecule has 0 fully saturated rings. The van der Waals surface area contributed by atoms with E-state index in [1.165, 1.54) is 32.6 Å². The van der Waals surface area contributed by atoms with Crippen molar-refractivity contribution >= 4 is 0 Å². The van der Waals surface area contributed by atoms with Gasteiger partial charge >= 0.3 is 0 Å². The van der Waals surface area contributed by atoms with Crippen LogP contribution in [0, 0.1) is 5.41 Å². The van der Waals surface area contributed by atoms with Crippen LogP contribution in [0.3, 0.4) is 0 Å². The van der Waals surface area contributed by atoms with Crippen molar-refractivity contribution in [1.29, 1.82) is 0 Å². The molecule has 0 heterocycles. The first-order valence-corrected chi connectivity index (χ1v) is 5.76. The van der Waals surface area contributed by atoms with Gasteiger partial charge in [-0.2, -0.15) is 0 Å². The Labute approximate surface area is 88.3 Å². The fourth-order valence-corrected chi connectivity index (χ4v) is 1.41. The molecular formula is C12H26O2. The molecule has 0 amide bonds. The molecule has 14 heavy (non-hydrogen) atoms. The molecule has 0 atom stereocenters. The molecule has 0 radical (unpaired) electrons. The van der Waals surface area contributed by atoms with Crippen LogP contribution in [0.1, 0.15) is 66.2 Å². The molecule has 0 aromatic carbocycles. The number of hydrogen-bond donors (Lipinski definition) is 2. The van der Waals surface area contributed by atoms with Gasteiger partial charge in [-0.05, 0) is 13.3 Å². The first-order chi connectivity index (χ1) is 6.31. The van der Waals surface area contributed by atoms with E-state index < -0.39 is 11.2 Å². The van der Waals surface area contributed by atoms with E-state index in [0.29, 0.717) is 0 Å². The molecule has 0 aliphatic carbocycles. The second kappa shape index (κ2) is 5.72. The van der Waals surface area contributed by atoms with Crippen LogP contribution in [0.25, 0.3) is 0 Å². The van der Waals surface area contributed by atoms with Gasteiger partial charge in [0.1, 0.15) is 0 Å². The summed E-state index contributed by atoms with van der Waals surface area (Å²) >= 11 is 0. The van der Waals surface area contributed by atoms with Crippen LogP contribution in [0.4, 0.5) is 0 Å². The highest BCUT2D eigenvalue weighted by molar-refractivity contribution is 4.80. The maximum atomic E-state index is 9.50. The summed E-state index contributed by atoms with van der Waals surface area (Å²) in [5.41, 5.74) is -0.404. The van der Waals surface area contributed by atoms with E-state index in [1.807, 2.05) is 13.8 Å². The van der Waals surface area contributed by atoms with Crippen LogP contribution in [0.2, 0.25) is 0 Å². The van der Waals surface area contributed by atoms with Gasteiger partial charge in [-0.1, -0.05) is 52.9 Å². The van der Waals surface area contributed by atoms with Crippen molar-refractivity contribution in [3.05, 3.63) is 0 Å². The molecule has 0 spiro atoms. The Morgan fingerprint density at radius 3 is 1.79 bits per heavy atom. The lowest BCUT2D eigenvalue weighted by Crippen LogP contribution is -2.41. The molecule has 0 aliphatic rings. The first-order valence-electron chi connectivity index (χ1n) is 5.76. The van der Waals surface area contributed by atoms with Gasteiger partial charge in [0, 0.05) is 5.41 Å². The topological polar surface area (TPSA) is 40.5 Å². The fraction of sp³-hybridized carbons (Fsp3) is 1.00. The molecule has 0 bridgehead atoms. The number of unbranched alkanes of at least 4 members (excludes halogenated alkanes) is 4. The molecule has 0 aromatic rings. The molecule has 0 aliphatic heterocycles. The quantitative estimate of drug-likeness (QED) is 0.492. The summed E-state index contributed by atoms with van der Waals surface area (Å²) in [5.74, 6) is -1.56. The van der Waals surface area contributed by atoms with Gasteiger partial charge in [-0.15, -0.1) is 0 Å². The van der Waals surface area contributed by atoms with Crippen molar-refractivity contribution in [1.82, 2.24) is 0 Å². The van der Waals surface area contributed by atoms with Gasteiger partial charge < -0.3 is 10.2 Å². The van der Waals surface area contributed by atoms with Crippen LogP contribution in [0.15, 0.2) is 0 Å². The molecule has 0 saturated carbocycles. The van der Waals surface area contributed by atoms with E-state index in [1.54, 1.807) is 0 Å². The summed E-state index contributed by atoms with van der Waals surface area (Å²) < 4.78 is 0. The van der Waals surface area contributed by atoms with Crippen LogP contribution < -0.4 is 0 Å². The van der Waals surface area contributed by atoms with Crippen molar-refractivity contribution in [2.75, 3.05) is 0 Å². The van der Waals surface area contributed by atoms with Crippen molar-refractivity contribution in [3.8, 4) is 0 Å². The standard InChI is InChI=1S/C12H26O2/c1-5-6-7-8-9-10-11(2,3)12(4,13)14/h13-14H,5-10H2,1-4H3. The second-order valence-corrected chi connectivity index (χ2v) is 5.07. The number of rotatable bonds is 7. The van der Waals surface area contributed by atoms with E-state index in [0.717, 1.165) is 12.8 Å². The smallest absolute Gasteiger partial charge is 0.164 e. The van der Waals surface area contributed by atoms with Crippen molar-refractivity contribution < 1.29 is 10.2 Å². The molecule has 0 saturated heterocycles. The minimum atomic E-state index is -1.56. The largest absolute Gasteiger partial charge is 0.365 e. The lowest BCUT2D eigenvalue weighted by atomic mass is 9.79. The third-order valence-corrected chi connectivity index (χ3v) is 3.19. The molecule has 86 valence electrons. The maximum absolute atomic E-state index is 9.50. The van der Waals surface area contributed by atoms with Crippen molar-refractivity contribution in [2.24, 2.45) is 5.41 Å². The molecule has 2 heteroatoms. The lowest BCUT2D eigenvalue weighted by molar-refractivity contribution is -0.221. The number of aliphatic hydroxyl groups is 2. The highest BCUT2D eigenvalue weighted by Crippen LogP contribution is 2.34. The van der Waals surface area contributed by atoms with Gasteiger partial charge in [0.25, 0.3) is 0 Å². The summed E-state index contributed by atoms with van der Waals surface area (Å²) in [5, 5.41) is 19.0. The zero-order valence-corrected chi connectivity index (χ0v) is 10.1. The van der Waals surface area contributed by atoms with E-state index >= 15 is 0 Å². The first kappa shape index (κ1) is 13.9. The molecule has 2 nitrogen and oxygen atoms in total. The van der Waals surface area contributed by atoms with Crippen molar-refractivity contribution in [3.63, 3.8) is 0 Å².